The molecule has 0 bridgehead atoms. The normalized spacial score (nSPS) is 13.5. The fraction of sp³-hybridized carbons (Fsp3) is 1.00. The fourth-order valence-corrected chi connectivity index (χ4v) is 2.87. The average molecular weight is 277 g/mol. The van der Waals surface area contributed by atoms with Crippen molar-refractivity contribution in [2.45, 2.75) is 59.5 Å². The van der Waals surface area contributed by atoms with Gasteiger partial charge in [0.25, 0.3) is 0 Å². The Hall–Kier alpha value is 0.759. The summed E-state index contributed by atoms with van der Waals surface area (Å²) in [6.07, 6.45) is 3.65. The van der Waals surface area contributed by atoms with Crippen LogP contribution in [-0.4, -0.2) is 28.5 Å². The van der Waals surface area contributed by atoms with Crippen molar-refractivity contribution >= 4 is 22.9 Å². The third-order valence-corrected chi connectivity index (χ3v) is 5.28. The molecule has 0 aromatic heterocycles. The molecule has 0 saturated carbocycles. The summed E-state index contributed by atoms with van der Waals surface area (Å²) in [6, 6.07) is 0. The van der Waals surface area contributed by atoms with E-state index >= 15 is 0 Å². The van der Waals surface area contributed by atoms with Gasteiger partial charge in [-0.3, -0.25) is 0 Å². The first-order valence-electron chi connectivity index (χ1n) is 4.87. The Bertz CT molecular complexity index is 120. The summed E-state index contributed by atoms with van der Waals surface area (Å²) in [6.45, 7) is 11.3. The molecule has 72 valence electrons. The van der Waals surface area contributed by atoms with E-state index in [2.05, 4.69) is 34.6 Å². The molecule has 0 heterocycles. The van der Waals surface area contributed by atoms with Crippen molar-refractivity contribution in [2.75, 3.05) is 0 Å². The van der Waals surface area contributed by atoms with Crippen LogP contribution in [0.4, 0.5) is 0 Å². The van der Waals surface area contributed by atoms with Gasteiger partial charge in [0.1, 0.15) is 0 Å². The van der Waals surface area contributed by atoms with E-state index in [1.165, 1.54) is 19.3 Å². The summed E-state index contributed by atoms with van der Waals surface area (Å²) in [5.74, 6) is 0. The third kappa shape index (κ3) is 2.16. The summed E-state index contributed by atoms with van der Waals surface area (Å²) in [4.78, 5) is 0. The van der Waals surface area contributed by atoms with Crippen LogP contribution in [0.15, 0.2) is 0 Å². The first-order valence-corrected chi connectivity index (χ1v) is 6.22. The molecule has 0 aromatic rings. The molecule has 0 fully saturated rings. The van der Waals surface area contributed by atoms with E-state index < -0.39 is 0 Å². The number of hydrogen-bond donors (Lipinski definition) is 0. The van der Waals surface area contributed by atoms with E-state index in [-0.39, 0.29) is 5.60 Å². The zero-order valence-corrected chi connectivity index (χ0v) is 12.4. The fourth-order valence-electron chi connectivity index (χ4n) is 2.15. The van der Waals surface area contributed by atoms with Crippen molar-refractivity contribution in [3.63, 3.8) is 0 Å². The minimum absolute atomic E-state index is 0.0630. The molecule has 0 N–H and O–H groups in total. The van der Waals surface area contributed by atoms with Crippen LogP contribution in [0, 0.1) is 5.41 Å². The van der Waals surface area contributed by atoms with Crippen LogP contribution in [0.1, 0.15) is 53.9 Å². The van der Waals surface area contributed by atoms with E-state index in [0.29, 0.717) is 5.41 Å². The summed E-state index contributed by atoms with van der Waals surface area (Å²) in [7, 11) is 0. The molecule has 0 rings (SSSR count). The van der Waals surface area contributed by atoms with Gasteiger partial charge in [-0.25, -0.2) is 0 Å². The topological polar surface area (TPSA) is 9.23 Å². The van der Waals surface area contributed by atoms with Crippen molar-refractivity contribution in [1.82, 2.24) is 0 Å². The Kier molecular flexibility index (Phi) is 5.15. The van der Waals surface area contributed by atoms with Crippen molar-refractivity contribution in [1.29, 1.82) is 0 Å². The summed E-state index contributed by atoms with van der Waals surface area (Å²) >= 11 is 0.904. The van der Waals surface area contributed by atoms with Gasteiger partial charge in [-0.05, 0) is 0 Å². The van der Waals surface area contributed by atoms with Gasteiger partial charge < -0.3 is 0 Å². The molecular weight excluding hydrogens is 255 g/mol. The standard InChI is InChI=1S/C10H21O.Sn.H/c1-6-10(7-2,8-3)9(4,5)11;;/h6-8H2,1-5H3;;/q-1;+1;. The quantitative estimate of drug-likeness (QED) is 0.702. The summed E-state index contributed by atoms with van der Waals surface area (Å²) < 4.78 is 5.71. The van der Waals surface area contributed by atoms with Gasteiger partial charge in [0, 0.05) is 0 Å². The van der Waals surface area contributed by atoms with Crippen LogP contribution in [-0.2, 0) is 3.07 Å². The molecule has 0 aliphatic heterocycles. The minimum atomic E-state index is 0.0630. The molecule has 0 atom stereocenters. The first kappa shape index (κ1) is 12.8. The van der Waals surface area contributed by atoms with E-state index in [1.54, 1.807) is 0 Å². The van der Waals surface area contributed by atoms with Crippen LogP contribution in [0.3, 0.4) is 0 Å². The second kappa shape index (κ2) is 4.85. The van der Waals surface area contributed by atoms with Gasteiger partial charge in [-0.1, -0.05) is 0 Å². The molecule has 0 unspecified atom stereocenters. The Morgan fingerprint density at radius 2 is 1.33 bits per heavy atom. The molecule has 0 spiro atoms. The van der Waals surface area contributed by atoms with E-state index in [1.807, 2.05) is 0 Å². The molecule has 2 heteroatoms. The molecule has 0 aromatic carbocycles. The second-order valence-corrected chi connectivity index (χ2v) is 4.64. The summed E-state index contributed by atoms with van der Waals surface area (Å²) in [5.41, 5.74) is 0.444. The van der Waals surface area contributed by atoms with Crippen LogP contribution in [0.2, 0.25) is 0 Å². The second-order valence-electron chi connectivity index (χ2n) is 3.97. The van der Waals surface area contributed by atoms with Gasteiger partial charge in [-0.2, -0.15) is 0 Å². The van der Waals surface area contributed by atoms with E-state index in [4.69, 9.17) is 3.07 Å². The third-order valence-electron chi connectivity index (χ3n) is 3.60. The van der Waals surface area contributed by atoms with Crippen molar-refractivity contribution < 1.29 is 3.07 Å². The number of rotatable bonds is 5. The Labute approximate surface area is 90.9 Å². The van der Waals surface area contributed by atoms with Gasteiger partial charge in [0.05, 0.1) is 0 Å². The van der Waals surface area contributed by atoms with Crippen LogP contribution >= 0.6 is 0 Å². The zero-order chi connectivity index (χ0) is 9.83. The van der Waals surface area contributed by atoms with Gasteiger partial charge in [-0.15, -0.1) is 0 Å². The SMILES string of the molecule is CCC(CC)(CC)C(C)(C)[O][SnH]. The molecule has 2 radical (unpaired) electrons. The van der Waals surface area contributed by atoms with Crippen LogP contribution in [0.25, 0.3) is 0 Å². The predicted molar refractivity (Wildman–Crippen MR) is 55.6 cm³/mol. The van der Waals surface area contributed by atoms with Crippen LogP contribution in [0.5, 0.6) is 0 Å². The number of hydrogen-bond acceptors (Lipinski definition) is 1. The Morgan fingerprint density at radius 3 is 1.42 bits per heavy atom. The molecule has 0 aliphatic rings. The Balaban J connectivity index is 4.69. The van der Waals surface area contributed by atoms with Crippen molar-refractivity contribution in [3.8, 4) is 0 Å². The molecule has 0 amide bonds. The first-order chi connectivity index (χ1) is 5.49. The van der Waals surface area contributed by atoms with E-state index in [9.17, 15) is 0 Å². The maximum atomic E-state index is 5.71. The molecule has 1 nitrogen and oxygen atoms in total. The predicted octanol–water partition coefficient (Wildman–Crippen LogP) is 2.81. The van der Waals surface area contributed by atoms with Crippen molar-refractivity contribution in [3.05, 3.63) is 0 Å². The van der Waals surface area contributed by atoms with E-state index in [0.717, 1.165) is 22.9 Å². The van der Waals surface area contributed by atoms with Crippen molar-refractivity contribution in [2.24, 2.45) is 5.41 Å². The molecule has 0 aliphatic carbocycles. The molecule has 12 heavy (non-hydrogen) atoms. The average Bonchev–Trinajstić information content (AvgIpc) is 2.08. The molecular formula is C10H22OSn. The van der Waals surface area contributed by atoms with Gasteiger partial charge in [0.2, 0.25) is 0 Å². The van der Waals surface area contributed by atoms with Crippen LogP contribution < -0.4 is 0 Å². The van der Waals surface area contributed by atoms with Gasteiger partial charge >= 0.3 is 90.9 Å². The molecule has 0 saturated heterocycles. The monoisotopic (exact) mass is 278 g/mol. The maximum absolute atomic E-state index is 5.71. The van der Waals surface area contributed by atoms with Gasteiger partial charge in [0.15, 0.2) is 0 Å². The zero-order valence-electron chi connectivity index (χ0n) is 9.11. The summed E-state index contributed by atoms with van der Waals surface area (Å²) in [5, 5.41) is 0. The Morgan fingerprint density at radius 1 is 1.00 bits per heavy atom.